The standard InChI is InChI=1S/C41H54N4O4S/c1-8-30-25(5)36-21-39-31(9-2)24(4)35(43-39)20-37-26(6)32(41(45-37)27(7)34-16-23(3)33(42-34)19-38(30)44-36)12-10-13-48-14-11-15-50-40-18-28(47)17-29(22-46)49-40/h9,16,19-21,26,28-29,32,40,43-44,46-47H,2,8,10-15,17-18,22H2,1,3-7H3/t26-,28-,29-,32-,40-/m0/s1. The SMILES string of the molecule is C=Cc1c(C)c2cc3nc(c(C)c4nc(cc5[nH]c(cc1[nH]2)c(C)c5CC)C(C)=C4)[C@@H](CCCOCCCS[C@H]1C[C@@H](O)C[C@@H](CO)O1)[C@@H]3C. The van der Waals surface area contributed by atoms with E-state index in [-0.39, 0.29) is 30.0 Å². The van der Waals surface area contributed by atoms with Gasteiger partial charge in [0.1, 0.15) is 5.44 Å². The van der Waals surface area contributed by atoms with Crippen molar-refractivity contribution in [3.05, 3.63) is 75.4 Å². The third kappa shape index (κ3) is 7.67. The van der Waals surface area contributed by atoms with Gasteiger partial charge in [-0.25, -0.2) is 4.98 Å². The predicted molar refractivity (Wildman–Crippen MR) is 207 cm³/mol. The summed E-state index contributed by atoms with van der Waals surface area (Å²) in [6.07, 6.45) is 8.39. The zero-order chi connectivity index (χ0) is 35.5. The second-order valence-electron chi connectivity index (χ2n) is 14.2. The topological polar surface area (TPSA) is 116 Å². The van der Waals surface area contributed by atoms with Crippen LogP contribution in [-0.4, -0.2) is 73.4 Å². The number of aromatic nitrogens is 4. The number of H-pyrrole nitrogens is 2. The van der Waals surface area contributed by atoms with Crippen LogP contribution in [0.5, 0.6) is 0 Å². The maximum Gasteiger partial charge on any atom is 0.106 e. The largest absolute Gasteiger partial charge is 0.394 e. The number of nitrogens with zero attached hydrogens (tertiary/aromatic N) is 2. The molecule has 1 saturated heterocycles. The molecule has 0 amide bonds. The van der Waals surface area contributed by atoms with Gasteiger partial charge < -0.3 is 29.7 Å². The predicted octanol–water partition coefficient (Wildman–Crippen LogP) is 8.67. The molecule has 0 radical (unpaired) electrons. The Labute approximate surface area is 300 Å². The van der Waals surface area contributed by atoms with Crippen molar-refractivity contribution >= 4 is 51.6 Å². The second kappa shape index (κ2) is 16.0. The highest BCUT2D eigenvalue weighted by Crippen LogP contribution is 2.42. The molecule has 0 aliphatic carbocycles. The van der Waals surface area contributed by atoms with E-state index in [2.05, 4.69) is 82.4 Å². The fourth-order valence-electron chi connectivity index (χ4n) is 7.74. The van der Waals surface area contributed by atoms with Crippen molar-refractivity contribution in [2.24, 2.45) is 0 Å². The van der Waals surface area contributed by atoms with Gasteiger partial charge in [-0.15, -0.1) is 11.8 Å². The van der Waals surface area contributed by atoms with Crippen LogP contribution in [0.3, 0.4) is 0 Å². The number of hydrogen-bond acceptors (Lipinski definition) is 7. The number of rotatable bonds is 12. The lowest BCUT2D eigenvalue weighted by Gasteiger charge is -2.31. The van der Waals surface area contributed by atoms with Crippen LogP contribution in [0.1, 0.15) is 115 Å². The highest BCUT2D eigenvalue weighted by molar-refractivity contribution is 7.99. The number of fused-ring (bicyclic) bond motifs is 8. The van der Waals surface area contributed by atoms with Crippen molar-refractivity contribution in [1.29, 1.82) is 0 Å². The summed E-state index contributed by atoms with van der Waals surface area (Å²) in [5, 5.41) is 19.5. The van der Waals surface area contributed by atoms with E-state index >= 15 is 0 Å². The minimum atomic E-state index is -0.402. The number of nitrogens with one attached hydrogen (secondary N) is 2. The molecular formula is C41H54N4O4S. The number of aromatic amines is 2. The molecule has 3 aliphatic rings. The maximum absolute atomic E-state index is 10.1. The Morgan fingerprint density at radius 1 is 0.980 bits per heavy atom. The highest BCUT2D eigenvalue weighted by Gasteiger charge is 2.31. The molecule has 0 aromatic carbocycles. The molecule has 268 valence electrons. The van der Waals surface area contributed by atoms with Gasteiger partial charge in [0.05, 0.1) is 30.2 Å². The quantitative estimate of drug-likeness (QED) is 0.140. The number of aryl methyl sites for hydroxylation is 3. The van der Waals surface area contributed by atoms with E-state index in [0.29, 0.717) is 26.1 Å². The minimum absolute atomic E-state index is 0.0455. The molecule has 6 rings (SSSR count). The molecule has 3 aromatic rings. The van der Waals surface area contributed by atoms with Crippen LogP contribution in [0.25, 0.3) is 39.8 Å². The Morgan fingerprint density at radius 3 is 2.50 bits per heavy atom. The Kier molecular flexibility index (Phi) is 11.7. The van der Waals surface area contributed by atoms with Crippen LogP contribution >= 0.6 is 11.8 Å². The zero-order valence-electron chi connectivity index (χ0n) is 30.6. The third-order valence-electron chi connectivity index (χ3n) is 10.8. The average Bonchev–Trinajstić information content (AvgIpc) is 3.80. The van der Waals surface area contributed by atoms with Crippen molar-refractivity contribution in [2.75, 3.05) is 25.6 Å². The summed E-state index contributed by atoms with van der Waals surface area (Å²) in [5.74, 6) is 1.40. The summed E-state index contributed by atoms with van der Waals surface area (Å²) >= 11 is 1.70. The number of aliphatic hydroxyl groups is 2. The number of thioether (sulfide) groups is 1. The summed E-state index contributed by atoms with van der Waals surface area (Å²) in [5.41, 5.74) is 15.6. The summed E-state index contributed by atoms with van der Waals surface area (Å²) in [7, 11) is 0. The van der Waals surface area contributed by atoms with E-state index in [9.17, 15) is 10.2 Å². The van der Waals surface area contributed by atoms with E-state index in [1.807, 2.05) is 6.08 Å². The van der Waals surface area contributed by atoms with Crippen LogP contribution in [0, 0.1) is 20.8 Å². The number of aliphatic hydroxyl groups excluding tert-OH is 2. The molecule has 9 heteroatoms. The highest BCUT2D eigenvalue weighted by atomic mass is 32.2. The van der Waals surface area contributed by atoms with E-state index in [1.54, 1.807) is 11.8 Å². The lowest BCUT2D eigenvalue weighted by atomic mass is 9.86. The van der Waals surface area contributed by atoms with Crippen molar-refractivity contribution in [2.45, 2.75) is 110 Å². The van der Waals surface area contributed by atoms with Gasteiger partial charge in [-0.3, -0.25) is 4.98 Å². The normalized spacial score (nSPS) is 22.2. The van der Waals surface area contributed by atoms with Crippen LogP contribution in [0.4, 0.5) is 0 Å². The Bertz CT molecular complexity index is 1910. The van der Waals surface area contributed by atoms with Gasteiger partial charge in [0.2, 0.25) is 0 Å². The lowest BCUT2D eigenvalue weighted by Crippen LogP contribution is -2.36. The van der Waals surface area contributed by atoms with Gasteiger partial charge in [0.15, 0.2) is 0 Å². The maximum atomic E-state index is 10.1. The first kappa shape index (κ1) is 36.6. The second-order valence-corrected chi connectivity index (χ2v) is 15.4. The van der Waals surface area contributed by atoms with Crippen molar-refractivity contribution in [3.63, 3.8) is 0 Å². The van der Waals surface area contributed by atoms with Crippen molar-refractivity contribution in [1.82, 2.24) is 19.9 Å². The van der Waals surface area contributed by atoms with Crippen LogP contribution in [0.2, 0.25) is 0 Å². The van der Waals surface area contributed by atoms with E-state index in [4.69, 9.17) is 19.4 Å². The molecule has 3 aliphatic heterocycles. The Hall–Kier alpha value is -3.21. The van der Waals surface area contributed by atoms with E-state index in [1.165, 1.54) is 16.7 Å². The molecule has 8 nitrogen and oxygen atoms in total. The van der Waals surface area contributed by atoms with Gasteiger partial charge in [0.25, 0.3) is 0 Å². The average molecular weight is 699 g/mol. The van der Waals surface area contributed by atoms with Gasteiger partial charge in [-0.2, -0.15) is 0 Å². The smallest absolute Gasteiger partial charge is 0.106 e. The summed E-state index contributed by atoms with van der Waals surface area (Å²) in [4.78, 5) is 17.9. The first-order valence-electron chi connectivity index (χ1n) is 18.3. The molecule has 8 bridgehead atoms. The van der Waals surface area contributed by atoms with Crippen LogP contribution in [-0.2, 0) is 15.9 Å². The lowest BCUT2D eigenvalue weighted by molar-refractivity contribution is -0.0783. The first-order chi connectivity index (χ1) is 24.1. The first-order valence-corrected chi connectivity index (χ1v) is 19.3. The van der Waals surface area contributed by atoms with Gasteiger partial charge in [-0.05, 0) is 111 Å². The number of ether oxygens (including phenoxy) is 2. The molecule has 1 fully saturated rings. The third-order valence-corrected chi connectivity index (χ3v) is 12.0. The fraction of sp³-hybridized carbons (Fsp3) is 0.512. The molecule has 0 spiro atoms. The number of allylic oxidation sites excluding steroid dienone is 1. The summed E-state index contributed by atoms with van der Waals surface area (Å²) in [6.45, 7) is 18.7. The van der Waals surface area contributed by atoms with E-state index in [0.717, 1.165) is 93.0 Å². The molecule has 5 atom stereocenters. The van der Waals surface area contributed by atoms with Gasteiger partial charge in [0, 0.05) is 76.9 Å². The molecule has 50 heavy (non-hydrogen) atoms. The van der Waals surface area contributed by atoms with E-state index < -0.39 is 6.10 Å². The summed E-state index contributed by atoms with van der Waals surface area (Å²) in [6, 6.07) is 6.66. The summed E-state index contributed by atoms with van der Waals surface area (Å²) < 4.78 is 12.0. The van der Waals surface area contributed by atoms with Gasteiger partial charge in [-0.1, -0.05) is 26.5 Å². The van der Waals surface area contributed by atoms with Crippen LogP contribution < -0.4 is 0 Å². The Balaban J connectivity index is 1.25. The molecule has 0 saturated carbocycles. The molecule has 0 unspecified atom stereocenters. The van der Waals surface area contributed by atoms with Crippen molar-refractivity contribution < 1.29 is 19.7 Å². The molecule has 3 aromatic heterocycles. The Morgan fingerprint density at radius 2 is 1.74 bits per heavy atom. The van der Waals surface area contributed by atoms with Crippen molar-refractivity contribution in [3.8, 4) is 0 Å². The number of hydrogen-bond donors (Lipinski definition) is 4. The van der Waals surface area contributed by atoms with Crippen LogP contribution in [0.15, 0.2) is 24.8 Å². The molecular weight excluding hydrogens is 645 g/mol. The molecule has 4 N–H and O–H groups in total. The zero-order valence-corrected chi connectivity index (χ0v) is 31.4. The minimum Gasteiger partial charge on any atom is -0.394 e. The molecule has 6 heterocycles. The monoisotopic (exact) mass is 698 g/mol. The van der Waals surface area contributed by atoms with Gasteiger partial charge >= 0.3 is 0 Å². The fourth-order valence-corrected chi connectivity index (χ4v) is 8.88.